The van der Waals surface area contributed by atoms with Gasteiger partial charge >= 0.3 is 5.97 Å². The fourth-order valence-corrected chi connectivity index (χ4v) is 2.24. The van der Waals surface area contributed by atoms with Crippen LogP contribution in [-0.2, 0) is 16.0 Å². The first-order chi connectivity index (χ1) is 12.0. The Morgan fingerprint density at radius 1 is 1.08 bits per heavy atom. The van der Waals surface area contributed by atoms with Gasteiger partial charge in [0.2, 0.25) is 0 Å². The molecule has 0 unspecified atom stereocenters. The van der Waals surface area contributed by atoms with Crippen LogP contribution in [0, 0.1) is 0 Å². The molecule has 0 saturated heterocycles. The number of nitrogens with one attached hydrogen (secondary N) is 2. The standard InChI is InChI=1S/C18H19N3O3S/c1-21(20-17(23)13-8-4-3-5-9-13)18(25)19-15-11-7-6-10-14(15)12-16(22)24-2/h3-11H,12H2,1-2H3,(H,19,25)(H,20,23). The molecule has 0 radical (unpaired) electrons. The summed E-state index contributed by atoms with van der Waals surface area (Å²) in [7, 11) is 2.98. The van der Waals surface area contributed by atoms with Gasteiger partial charge in [-0.15, -0.1) is 0 Å². The lowest BCUT2D eigenvalue weighted by Crippen LogP contribution is -2.45. The zero-order valence-electron chi connectivity index (χ0n) is 14.0. The third kappa shape index (κ3) is 5.29. The van der Waals surface area contributed by atoms with E-state index in [1.165, 1.54) is 12.1 Å². The monoisotopic (exact) mass is 357 g/mol. The lowest BCUT2D eigenvalue weighted by atomic mass is 10.1. The summed E-state index contributed by atoms with van der Waals surface area (Å²) in [5.74, 6) is -0.610. The largest absolute Gasteiger partial charge is 0.469 e. The number of rotatable bonds is 4. The van der Waals surface area contributed by atoms with Crippen LogP contribution in [0.25, 0.3) is 0 Å². The SMILES string of the molecule is COC(=O)Cc1ccccc1NC(=S)N(C)NC(=O)c1ccccc1. The average molecular weight is 357 g/mol. The number of benzene rings is 2. The summed E-state index contributed by atoms with van der Waals surface area (Å²) < 4.78 is 4.70. The average Bonchev–Trinajstić information content (AvgIpc) is 2.63. The zero-order chi connectivity index (χ0) is 18.2. The van der Waals surface area contributed by atoms with Gasteiger partial charge in [-0.1, -0.05) is 36.4 Å². The molecule has 0 aliphatic rings. The highest BCUT2D eigenvalue weighted by atomic mass is 32.1. The molecule has 0 fully saturated rings. The molecule has 1 amide bonds. The van der Waals surface area contributed by atoms with Crippen LogP contribution in [0.4, 0.5) is 5.69 Å². The molecule has 7 heteroatoms. The summed E-state index contributed by atoms with van der Waals surface area (Å²) >= 11 is 5.31. The van der Waals surface area contributed by atoms with Crippen LogP contribution >= 0.6 is 12.2 Å². The van der Waals surface area contributed by atoms with Crippen molar-refractivity contribution in [1.82, 2.24) is 10.4 Å². The molecule has 2 rings (SSSR count). The van der Waals surface area contributed by atoms with Crippen molar-refractivity contribution in [2.75, 3.05) is 19.5 Å². The molecule has 0 bridgehead atoms. The number of thiocarbonyl (C=S) groups is 1. The first kappa shape index (κ1) is 18.4. The summed E-state index contributed by atoms with van der Waals surface area (Å²) in [5, 5.41) is 4.74. The van der Waals surface area contributed by atoms with Crippen LogP contribution in [-0.4, -0.2) is 36.2 Å². The Kier molecular flexibility index (Phi) is 6.47. The number of amides is 1. The smallest absolute Gasteiger partial charge is 0.310 e. The van der Waals surface area contributed by atoms with Gasteiger partial charge in [0.1, 0.15) is 0 Å². The van der Waals surface area contributed by atoms with Crippen LogP contribution in [0.3, 0.4) is 0 Å². The van der Waals surface area contributed by atoms with E-state index >= 15 is 0 Å². The third-order valence-corrected chi connectivity index (χ3v) is 3.81. The van der Waals surface area contributed by atoms with Gasteiger partial charge < -0.3 is 10.1 Å². The van der Waals surface area contributed by atoms with Crippen molar-refractivity contribution in [1.29, 1.82) is 0 Å². The zero-order valence-corrected chi connectivity index (χ0v) is 14.8. The minimum Gasteiger partial charge on any atom is -0.469 e. The first-order valence-electron chi connectivity index (χ1n) is 7.56. The first-order valence-corrected chi connectivity index (χ1v) is 7.97. The summed E-state index contributed by atoms with van der Waals surface area (Å²) in [5.41, 5.74) is 4.65. The predicted octanol–water partition coefficient (Wildman–Crippen LogP) is 2.38. The summed E-state index contributed by atoms with van der Waals surface area (Å²) in [6.07, 6.45) is 0.127. The number of anilines is 1. The quantitative estimate of drug-likeness (QED) is 0.497. The van der Waals surface area contributed by atoms with E-state index in [9.17, 15) is 9.59 Å². The lowest BCUT2D eigenvalue weighted by Gasteiger charge is -2.22. The molecule has 0 aliphatic carbocycles. The van der Waals surface area contributed by atoms with Crippen molar-refractivity contribution < 1.29 is 14.3 Å². The molecule has 0 spiro atoms. The minimum atomic E-state index is -0.342. The van der Waals surface area contributed by atoms with Gasteiger partial charge in [0.15, 0.2) is 5.11 Å². The van der Waals surface area contributed by atoms with Gasteiger partial charge in [-0.2, -0.15) is 0 Å². The van der Waals surface area contributed by atoms with Crippen molar-refractivity contribution in [3.63, 3.8) is 0 Å². The fraction of sp³-hybridized carbons (Fsp3) is 0.167. The molecule has 0 aromatic heterocycles. The summed E-state index contributed by atoms with van der Waals surface area (Å²) in [4.78, 5) is 23.7. The van der Waals surface area contributed by atoms with Crippen LogP contribution in [0.2, 0.25) is 0 Å². The molecule has 0 saturated carbocycles. The molecule has 2 aromatic carbocycles. The van der Waals surface area contributed by atoms with Crippen LogP contribution < -0.4 is 10.7 Å². The third-order valence-electron chi connectivity index (χ3n) is 3.43. The topological polar surface area (TPSA) is 70.7 Å². The van der Waals surface area contributed by atoms with Crippen molar-refractivity contribution in [3.8, 4) is 0 Å². The molecule has 0 heterocycles. The summed E-state index contributed by atoms with van der Waals surface area (Å²) in [6.45, 7) is 0. The number of methoxy groups -OCH3 is 1. The Morgan fingerprint density at radius 3 is 2.40 bits per heavy atom. The van der Waals surface area contributed by atoms with E-state index in [1.54, 1.807) is 37.4 Å². The van der Waals surface area contributed by atoms with Gasteiger partial charge in [-0.25, -0.2) is 0 Å². The molecule has 0 aliphatic heterocycles. The highest BCUT2D eigenvalue weighted by molar-refractivity contribution is 7.80. The number of carbonyl (C=O) groups excluding carboxylic acids is 2. The molecule has 6 nitrogen and oxygen atoms in total. The number of ether oxygens (including phenoxy) is 1. The maximum Gasteiger partial charge on any atom is 0.310 e. The van der Waals surface area contributed by atoms with E-state index < -0.39 is 0 Å². The number of carbonyl (C=O) groups is 2. The van der Waals surface area contributed by atoms with Gasteiger partial charge in [-0.3, -0.25) is 20.0 Å². The highest BCUT2D eigenvalue weighted by Gasteiger charge is 2.13. The number of hydrogen-bond acceptors (Lipinski definition) is 4. The van der Waals surface area contributed by atoms with Crippen molar-refractivity contribution in [2.45, 2.75) is 6.42 Å². The number of para-hydroxylation sites is 1. The normalized spacial score (nSPS) is 9.84. The second kappa shape index (κ2) is 8.79. The van der Waals surface area contributed by atoms with Crippen LogP contribution in [0.15, 0.2) is 54.6 Å². The fourth-order valence-electron chi connectivity index (χ4n) is 2.08. The number of esters is 1. The van der Waals surface area contributed by atoms with E-state index in [0.29, 0.717) is 16.4 Å². The molecule has 2 aromatic rings. The van der Waals surface area contributed by atoms with Crippen LogP contribution in [0.1, 0.15) is 15.9 Å². The Bertz CT molecular complexity index is 765. The molecule has 2 N–H and O–H groups in total. The molecular weight excluding hydrogens is 338 g/mol. The van der Waals surface area contributed by atoms with E-state index in [2.05, 4.69) is 10.7 Å². The maximum absolute atomic E-state index is 12.2. The molecule has 130 valence electrons. The maximum atomic E-state index is 12.2. The van der Waals surface area contributed by atoms with E-state index in [-0.39, 0.29) is 18.3 Å². The van der Waals surface area contributed by atoms with Gasteiger partial charge in [0.25, 0.3) is 5.91 Å². The van der Waals surface area contributed by atoms with Gasteiger partial charge in [-0.05, 0) is 36.0 Å². The Labute approximate surface area is 151 Å². The molecular formula is C18H19N3O3S. The second-order valence-corrected chi connectivity index (χ2v) is 5.59. The van der Waals surface area contributed by atoms with Crippen molar-refractivity contribution in [2.24, 2.45) is 0 Å². The number of nitrogens with zero attached hydrogens (tertiary/aromatic N) is 1. The van der Waals surface area contributed by atoms with E-state index in [1.807, 2.05) is 24.3 Å². The van der Waals surface area contributed by atoms with Crippen LogP contribution in [0.5, 0.6) is 0 Å². The summed E-state index contributed by atoms with van der Waals surface area (Å²) in [6, 6.07) is 16.1. The van der Waals surface area contributed by atoms with Gasteiger partial charge in [0, 0.05) is 18.3 Å². The second-order valence-electron chi connectivity index (χ2n) is 5.21. The number of hydrazine groups is 1. The molecule has 0 atom stereocenters. The minimum absolute atomic E-state index is 0.127. The van der Waals surface area contributed by atoms with Crippen molar-refractivity contribution in [3.05, 3.63) is 65.7 Å². The Morgan fingerprint density at radius 2 is 1.72 bits per heavy atom. The number of hydrogen-bond donors (Lipinski definition) is 2. The highest BCUT2D eigenvalue weighted by Crippen LogP contribution is 2.16. The van der Waals surface area contributed by atoms with Crippen molar-refractivity contribution >= 4 is 34.9 Å². The van der Waals surface area contributed by atoms with Gasteiger partial charge in [0.05, 0.1) is 13.5 Å². The van der Waals surface area contributed by atoms with E-state index in [4.69, 9.17) is 17.0 Å². The Hall–Kier alpha value is -2.93. The molecule has 25 heavy (non-hydrogen) atoms. The van der Waals surface area contributed by atoms with E-state index in [0.717, 1.165) is 5.56 Å². The Balaban J connectivity index is 2.02. The predicted molar refractivity (Wildman–Crippen MR) is 100 cm³/mol. The lowest BCUT2D eigenvalue weighted by molar-refractivity contribution is -0.139.